The van der Waals surface area contributed by atoms with E-state index >= 15 is 0 Å². The molecular formula is C24H46O4S2. The zero-order chi connectivity index (χ0) is 22.5. The van der Waals surface area contributed by atoms with Crippen molar-refractivity contribution in [1.82, 2.24) is 0 Å². The van der Waals surface area contributed by atoms with Crippen LogP contribution in [-0.4, -0.2) is 36.7 Å². The minimum atomic E-state index is -0.113. The highest BCUT2D eigenvalue weighted by Gasteiger charge is 2.06. The van der Waals surface area contributed by atoms with E-state index in [1.54, 1.807) is 21.6 Å². The van der Waals surface area contributed by atoms with Crippen LogP contribution in [0, 0.1) is 11.8 Å². The smallest absolute Gasteiger partial charge is 0.306 e. The van der Waals surface area contributed by atoms with E-state index in [9.17, 15) is 9.59 Å². The first-order chi connectivity index (χ1) is 14.4. The van der Waals surface area contributed by atoms with Crippen LogP contribution in [-0.2, 0) is 19.1 Å². The quantitative estimate of drug-likeness (QED) is 0.100. The van der Waals surface area contributed by atoms with Gasteiger partial charge in [0.25, 0.3) is 0 Å². The Morgan fingerprint density at radius 1 is 0.600 bits per heavy atom. The fraction of sp³-hybridized carbons (Fsp3) is 0.917. The number of esters is 2. The molecule has 0 aromatic carbocycles. The molecule has 0 atom stereocenters. The van der Waals surface area contributed by atoms with E-state index in [-0.39, 0.29) is 11.9 Å². The van der Waals surface area contributed by atoms with Crippen LogP contribution in [0.3, 0.4) is 0 Å². The number of hydrogen-bond acceptors (Lipinski definition) is 6. The molecule has 4 nitrogen and oxygen atoms in total. The van der Waals surface area contributed by atoms with Gasteiger partial charge < -0.3 is 9.47 Å². The average Bonchev–Trinajstić information content (AvgIpc) is 2.68. The summed E-state index contributed by atoms with van der Waals surface area (Å²) in [5.41, 5.74) is 0. The second kappa shape index (κ2) is 21.9. The maximum atomic E-state index is 11.7. The van der Waals surface area contributed by atoms with Crippen LogP contribution in [0.5, 0.6) is 0 Å². The summed E-state index contributed by atoms with van der Waals surface area (Å²) in [5.74, 6) is 2.78. The Bertz CT molecular complexity index is 376. The van der Waals surface area contributed by atoms with Gasteiger partial charge in [0.1, 0.15) is 0 Å². The monoisotopic (exact) mass is 462 g/mol. The molecule has 0 rings (SSSR count). The first-order valence-corrected chi connectivity index (χ1v) is 14.5. The standard InChI is InChI=1S/C24H46O4S2/c1-21(2)13-9-5-7-11-17-27-23(25)15-19-29-30-20-16-24(26)28-18-12-8-6-10-14-22(3)4/h21-22H,5-20H2,1-4H3. The van der Waals surface area contributed by atoms with Crippen LogP contribution in [0.2, 0.25) is 0 Å². The van der Waals surface area contributed by atoms with Gasteiger partial charge >= 0.3 is 11.9 Å². The van der Waals surface area contributed by atoms with Crippen LogP contribution in [0.4, 0.5) is 0 Å². The molecule has 0 amide bonds. The molecule has 0 aromatic rings. The first kappa shape index (κ1) is 29.6. The van der Waals surface area contributed by atoms with E-state index in [4.69, 9.17) is 9.47 Å². The summed E-state index contributed by atoms with van der Waals surface area (Å²) in [7, 11) is 3.25. The van der Waals surface area contributed by atoms with E-state index in [1.807, 2.05) is 0 Å². The van der Waals surface area contributed by atoms with Gasteiger partial charge in [-0.2, -0.15) is 0 Å². The van der Waals surface area contributed by atoms with Crippen molar-refractivity contribution < 1.29 is 19.1 Å². The average molecular weight is 463 g/mol. The van der Waals surface area contributed by atoms with Crippen LogP contribution in [0.15, 0.2) is 0 Å². The van der Waals surface area contributed by atoms with Crippen molar-refractivity contribution in [2.45, 2.75) is 105 Å². The van der Waals surface area contributed by atoms with E-state index in [0.29, 0.717) is 26.1 Å². The van der Waals surface area contributed by atoms with Crippen molar-refractivity contribution in [1.29, 1.82) is 0 Å². The normalized spacial score (nSPS) is 11.3. The van der Waals surface area contributed by atoms with Crippen LogP contribution < -0.4 is 0 Å². The number of unbranched alkanes of at least 4 members (excludes halogenated alkanes) is 6. The number of ether oxygens (including phenoxy) is 2. The van der Waals surface area contributed by atoms with Crippen molar-refractivity contribution in [3.05, 3.63) is 0 Å². The Morgan fingerprint density at radius 2 is 0.967 bits per heavy atom. The first-order valence-electron chi connectivity index (χ1n) is 12.0. The molecule has 0 saturated heterocycles. The van der Waals surface area contributed by atoms with Crippen molar-refractivity contribution in [2.75, 3.05) is 24.7 Å². The third-order valence-electron chi connectivity index (χ3n) is 4.74. The molecule has 0 aromatic heterocycles. The molecule has 0 bridgehead atoms. The maximum Gasteiger partial charge on any atom is 0.306 e. The summed E-state index contributed by atoms with van der Waals surface area (Å²) in [6.07, 6.45) is 12.6. The Labute approximate surface area is 193 Å². The highest BCUT2D eigenvalue weighted by atomic mass is 33.1. The van der Waals surface area contributed by atoms with Gasteiger partial charge in [-0.15, -0.1) is 0 Å². The maximum absolute atomic E-state index is 11.7. The molecular weight excluding hydrogens is 416 g/mol. The molecule has 30 heavy (non-hydrogen) atoms. The minimum Gasteiger partial charge on any atom is -0.466 e. The molecule has 0 aliphatic heterocycles. The summed E-state index contributed by atoms with van der Waals surface area (Å²) in [6, 6.07) is 0. The molecule has 0 saturated carbocycles. The highest BCUT2D eigenvalue weighted by molar-refractivity contribution is 8.76. The summed E-state index contributed by atoms with van der Waals surface area (Å²) in [6.45, 7) is 10.1. The van der Waals surface area contributed by atoms with Crippen molar-refractivity contribution in [3.8, 4) is 0 Å². The predicted octanol–water partition coefficient (Wildman–Crippen LogP) is 7.45. The van der Waals surface area contributed by atoms with Crippen molar-refractivity contribution in [3.63, 3.8) is 0 Å². The molecule has 0 heterocycles. The molecule has 0 unspecified atom stereocenters. The topological polar surface area (TPSA) is 52.6 Å². The van der Waals surface area contributed by atoms with E-state index in [1.165, 1.54) is 38.5 Å². The van der Waals surface area contributed by atoms with Gasteiger partial charge in [0, 0.05) is 11.5 Å². The number of hydrogen-bond donors (Lipinski definition) is 0. The zero-order valence-electron chi connectivity index (χ0n) is 19.9. The second-order valence-electron chi connectivity index (χ2n) is 8.78. The predicted molar refractivity (Wildman–Crippen MR) is 132 cm³/mol. The van der Waals surface area contributed by atoms with Gasteiger partial charge in [-0.3, -0.25) is 9.59 Å². The van der Waals surface area contributed by atoms with Crippen LogP contribution in [0.25, 0.3) is 0 Å². The van der Waals surface area contributed by atoms with Crippen molar-refractivity contribution >= 4 is 33.5 Å². The lowest BCUT2D eigenvalue weighted by molar-refractivity contribution is -0.144. The number of carbonyl (C=O) groups excluding carboxylic acids is 2. The Hall–Kier alpha value is -0.360. The fourth-order valence-electron chi connectivity index (χ4n) is 2.90. The van der Waals surface area contributed by atoms with E-state index in [0.717, 1.165) is 49.0 Å². The lowest BCUT2D eigenvalue weighted by Gasteiger charge is -2.06. The van der Waals surface area contributed by atoms with E-state index < -0.39 is 0 Å². The Kier molecular flexibility index (Phi) is 21.6. The molecule has 178 valence electrons. The van der Waals surface area contributed by atoms with Gasteiger partial charge in [0.15, 0.2) is 0 Å². The van der Waals surface area contributed by atoms with Gasteiger partial charge in [0.05, 0.1) is 26.1 Å². The number of carbonyl (C=O) groups is 2. The molecule has 6 heteroatoms. The van der Waals surface area contributed by atoms with Crippen LogP contribution in [0.1, 0.15) is 105 Å². The molecule has 0 N–H and O–H groups in total. The lowest BCUT2D eigenvalue weighted by Crippen LogP contribution is -2.07. The molecule has 0 aliphatic carbocycles. The van der Waals surface area contributed by atoms with E-state index in [2.05, 4.69) is 27.7 Å². The summed E-state index contributed by atoms with van der Waals surface area (Å²) in [4.78, 5) is 23.4. The summed E-state index contributed by atoms with van der Waals surface area (Å²) in [5, 5.41) is 0. The lowest BCUT2D eigenvalue weighted by atomic mass is 10.0. The SMILES string of the molecule is CC(C)CCCCCCOC(=O)CCSSCCC(=O)OCCCCCCC(C)C. The highest BCUT2D eigenvalue weighted by Crippen LogP contribution is 2.23. The largest absolute Gasteiger partial charge is 0.466 e. The fourth-order valence-corrected chi connectivity index (χ4v) is 4.84. The Balaban J connectivity index is 3.31. The van der Waals surface area contributed by atoms with Crippen molar-refractivity contribution in [2.24, 2.45) is 11.8 Å². The van der Waals surface area contributed by atoms with Gasteiger partial charge in [-0.25, -0.2) is 0 Å². The second-order valence-corrected chi connectivity index (χ2v) is 11.5. The zero-order valence-corrected chi connectivity index (χ0v) is 21.6. The third kappa shape index (κ3) is 23.9. The molecule has 0 fully saturated rings. The number of rotatable bonds is 21. The van der Waals surface area contributed by atoms with Crippen LogP contribution >= 0.6 is 21.6 Å². The van der Waals surface area contributed by atoms with Gasteiger partial charge in [-0.05, 0) is 24.7 Å². The molecule has 0 spiro atoms. The molecule has 0 radical (unpaired) electrons. The summed E-state index contributed by atoms with van der Waals surface area (Å²) >= 11 is 0. The van der Waals surface area contributed by atoms with Gasteiger partial charge in [-0.1, -0.05) is 101 Å². The third-order valence-corrected chi connectivity index (χ3v) is 7.15. The summed E-state index contributed by atoms with van der Waals surface area (Å²) < 4.78 is 10.5. The molecule has 0 aliphatic rings. The van der Waals surface area contributed by atoms with Gasteiger partial charge in [0.2, 0.25) is 0 Å². The minimum absolute atomic E-state index is 0.113. The Morgan fingerprint density at radius 3 is 1.33 bits per heavy atom.